The first-order valence-corrected chi connectivity index (χ1v) is 6.81. The van der Waals surface area contributed by atoms with Crippen LogP contribution in [0, 0.1) is 11.3 Å². The second-order valence-electron chi connectivity index (χ2n) is 6.10. The second-order valence-corrected chi connectivity index (χ2v) is 6.10. The highest BCUT2D eigenvalue weighted by atomic mass is 16.3. The van der Waals surface area contributed by atoms with Gasteiger partial charge in [-0.25, -0.2) is 0 Å². The number of nitrogens with zero attached hydrogens (tertiary/aromatic N) is 3. The van der Waals surface area contributed by atoms with Crippen molar-refractivity contribution < 1.29 is 5.11 Å². The Morgan fingerprint density at radius 2 is 2.10 bits per heavy atom. The van der Waals surface area contributed by atoms with Gasteiger partial charge in [0.15, 0.2) is 0 Å². The van der Waals surface area contributed by atoms with Gasteiger partial charge >= 0.3 is 0 Å². The van der Waals surface area contributed by atoms with Crippen molar-refractivity contribution in [3.8, 4) is 0 Å². The molecule has 0 aromatic carbocycles. The van der Waals surface area contributed by atoms with Crippen molar-refractivity contribution in [2.75, 3.05) is 22.9 Å². The molecule has 3 rings (SSSR count). The zero-order valence-corrected chi connectivity index (χ0v) is 11.7. The summed E-state index contributed by atoms with van der Waals surface area (Å²) in [4.78, 5) is 10.3. The first-order chi connectivity index (χ1) is 9.30. The summed E-state index contributed by atoms with van der Waals surface area (Å²) in [6.45, 7) is 4.30. The Morgan fingerprint density at radius 1 is 1.40 bits per heavy atom. The Morgan fingerprint density at radius 3 is 2.80 bits per heavy atom. The lowest BCUT2D eigenvalue weighted by molar-refractivity contribution is 0.0332. The number of anilines is 3. The van der Waals surface area contributed by atoms with Gasteiger partial charge in [-0.3, -0.25) is 0 Å². The van der Waals surface area contributed by atoms with Gasteiger partial charge in [-0.1, -0.05) is 6.92 Å². The van der Waals surface area contributed by atoms with E-state index in [2.05, 4.69) is 9.97 Å². The van der Waals surface area contributed by atoms with Crippen LogP contribution in [0.15, 0.2) is 0 Å². The molecule has 1 fully saturated rings. The summed E-state index contributed by atoms with van der Waals surface area (Å²) in [6.07, 6.45) is 1.54. The van der Waals surface area contributed by atoms with Crippen LogP contribution in [-0.4, -0.2) is 39.0 Å². The van der Waals surface area contributed by atoms with E-state index in [1.54, 1.807) is 0 Å². The topological polar surface area (TPSA) is 125 Å². The van der Waals surface area contributed by atoms with Crippen molar-refractivity contribution >= 4 is 23.3 Å². The van der Waals surface area contributed by atoms with E-state index in [9.17, 15) is 5.11 Å². The van der Waals surface area contributed by atoms with Crippen LogP contribution in [0.1, 0.15) is 32.3 Å². The highest BCUT2D eigenvalue weighted by molar-refractivity contribution is 6.09. The average molecular weight is 276 g/mol. The summed E-state index contributed by atoms with van der Waals surface area (Å²) in [5.74, 6) is 0.969. The van der Waals surface area contributed by atoms with Gasteiger partial charge in [0.05, 0.1) is 16.9 Å². The molecule has 1 saturated heterocycles. The summed E-state index contributed by atoms with van der Waals surface area (Å²) < 4.78 is 0. The SMILES string of the molecule is CC1C(=N)c2c(N)nc(N)nc2N2C[C@@](C)(O)CCC12. The zero-order chi connectivity index (χ0) is 14.7. The molecule has 2 unspecified atom stereocenters. The molecule has 7 nitrogen and oxygen atoms in total. The Balaban J connectivity index is 2.16. The Labute approximate surface area is 117 Å². The van der Waals surface area contributed by atoms with Crippen LogP contribution in [0.25, 0.3) is 0 Å². The fraction of sp³-hybridized carbons (Fsp3) is 0.615. The molecule has 2 aliphatic heterocycles. The molecule has 20 heavy (non-hydrogen) atoms. The van der Waals surface area contributed by atoms with Crippen LogP contribution in [-0.2, 0) is 0 Å². The minimum absolute atomic E-state index is 0.0353. The first kappa shape index (κ1) is 13.1. The highest BCUT2D eigenvalue weighted by Gasteiger charge is 2.44. The van der Waals surface area contributed by atoms with Crippen molar-refractivity contribution in [1.29, 1.82) is 5.41 Å². The van der Waals surface area contributed by atoms with Crippen molar-refractivity contribution in [1.82, 2.24) is 9.97 Å². The molecule has 2 aliphatic rings. The lowest BCUT2D eigenvalue weighted by atomic mass is 9.78. The standard InChI is InChI=1S/C13H20N6O/c1-6-7-3-4-13(2,20)5-19(7)11-8(9(6)14)10(15)17-12(16)18-11/h6-7,14,20H,3-5H2,1-2H3,(H4,15,16,17,18)/t6?,7?,13-/m0/s1. The third-order valence-electron chi connectivity index (χ3n) is 4.40. The maximum Gasteiger partial charge on any atom is 0.223 e. The molecule has 7 heteroatoms. The maximum absolute atomic E-state index is 10.3. The van der Waals surface area contributed by atoms with Gasteiger partial charge in [-0.05, 0) is 19.8 Å². The molecule has 0 saturated carbocycles. The summed E-state index contributed by atoms with van der Waals surface area (Å²) in [5.41, 5.74) is 11.9. The van der Waals surface area contributed by atoms with Crippen LogP contribution >= 0.6 is 0 Å². The summed E-state index contributed by atoms with van der Waals surface area (Å²) in [6, 6.07) is 0.156. The molecular formula is C13H20N6O. The van der Waals surface area contributed by atoms with Gasteiger partial charge < -0.3 is 26.9 Å². The molecule has 108 valence electrons. The van der Waals surface area contributed by atoms with Gasteiger partial charge in [0, 0.05) is 18.5 Å². The smallest absolute Gasteiger partial charge is 0.223 e. The minimum Gasteiger partial charge on any atom is -0.388 e. The van der Waals surface area contributed by atoms with Gasteiger partial charge in [0.25, 0.3) is 0 Å². The fourth-order valence-corrected chi connectivity index (χ4v) is 3.30. The summed E-state index contributed by atoms with van der Waals surface area (Å²) >= 11 is 0. The number of nitrogen functional groups attached to an aromatic ring is 2. The quantitative estimate of drug-likeness (QED) is 0.543. The van der Waals surface area contributed by atoms with Gasteiger partial charge in [0.2, 0.25) is 5.95 Å². The Kier molecular flexibility index (Phi) is 2.66. The van der Waals surface area contributed by atoms with Crippen LogP contribution in [0.4, 0.5) is 17.6 Å². The molecule has 3 atom stereocenters. The molecule has 3 heterocycles. The van der Waals surface area contributed by atoms with Gasteiger partial charge in [-0.2, -0.15) is 9.97 Å². The second kappa shape index (κ2) is 4.05. The number of fused-ring (bicyclic) bond motifs is 3. The molecule has 1 aromatic rings. The van der Waals surface area contributed by atoms with E-state index in [-0.39, 0.29) is 23.7 Å². The van der Waals surface area contributed by atoms with Crippen LogP contribution in [0.3, 0.4) is 0 Å². The number of aliphatic hydroxyl groups is 1. The normalized spacial score (nSPS) is 32.8. The number of nitrogens with two attached hydrogens (primary N) is 2. The van der Waals surface area contributed by atoms with Crippen LogP contribution in [0.5, 0.6) is 0 Å². The third kappa shape index (κ3) is 1.81. The largest absolute Gasteiger partial charge is 0.388 e. The average Bonchev–Trinajstić information content (AvgIpc) is 2.34. The number of hydrogen-bond acceptors (Lipinski definition) is 7. The molecule has 6 N–H and O–H groups in total. The number of aromatic nitrogens is 2. The Bertz CT molecular complexity index is 584. The van der Waals surface area contributed by atoms with Crippen molar-refractivity contribution in [2.24, 2.45) is 5.92 Å². The van der Waals surface area contributed by atoms with Crippen molar-refractivity contribution in [2.45, 2.75) is 38.3 Å². The molecule has 1 aromatic heterocycles. The number of piperidine rings is 1. The first-order valence-electron chi connectivity index (χ1n) is 6.81. The number of hydrogen-bond donors (Lipinski definition) is 4. The van der Waals surface area contributed by atoms with Crippen LogP contribution in [0.2, 0.25) is 0 Å². The van der Waals surface area contributed by atoms with E-state index < -0.39 is 5.60 Å². The van der Waals surface area contributed by atoms with E-state index in [4.69, 9.17) is 16.9 Å². The van der Waals surface area contributed by atoms with E-state index in [0.29, 0.717) is 23.6 Å². The van der Waals surface area contributed by atoms with Crippen LogP contribution < -0.4 is 16.4 Å². The lowest BCUT2D eigenvalue weighted by Crippen LogP contribution is -2.57. The molecule has 0 spiro atoms. The monoisotopic (exact) mass is 276 g/mol. The summed E-state index contributed by atoms with van der Waals surface area (Å²) in [5, 5.41) is 18.6. The Hall–Kier alpha value is -1.89. The predicted molar refractivity (Wildman–Crippen MR) is 77.8 cm³/mol. The van der Waals surface area contributed by atoms with Gasteiger partial charge in [0.1, 0.15) is 11.6 Å². The minimum atomic E-state index is -0.762. The molecular weight excluding hydrogens is 256 g/mol. The highest BCUT2D eigenvalue weighted by Crippen LogP contribution is 2.41. The summed E-state index contributed by atoms with van der Waals surface area (Å²) in [7, 11) is 0. The fourth-order valence-electron chi connectivity index (χ4n) is 3.30. The van der Waals surface area contributed by atoms with Crippen molar-refractivity contribution in [3.63, 3.8) is 0 Å². The lowest BCUT2D eigenvalue weighted by Gasteiger charge is -2.49. The molecule has 0 aliphatic carbocycles. The number of rotatable bonds is 0. The number of nitrogens with one attached hydrogen (secondary N) is 1. The maximum atomic E-state index is 10.3. The van der Waals surface area contributed by atoms with E-state index in [1.807, 2.05) is 18.7 Å². The predicted octanol–water partition coefficient (Wildman–Crippen LogP) is 0.378. The molecule has 0 radical (unpaired) electrons. The van der Waals surface area contributed by atoms with E-state index >= 15 is 0 Å². The van der Waals surface area contributed by atoms with E-state index in [1.165, 1.54) is 0 Å². The van der Waals surface area contributed by atoms with Gasteiger partial charge in [-0.15, -0.1) is 0 Å². The molecule has 0 bridgehead atoms. The molecule has 0 amide bonds. The van der Waals surface area contributed by atoms with Crippen molar-refractivity contribution in [3.05, 3.63) is 5.56 Å². The van der Waals surface area contributed by atoms with E-state index in [0.717, 1.165) is 12.8 Å². The third-order valence-corrected chi connectivity index (χ3v) is 4.40. The zero-order valence-electron chi connectivity index (χ0n) is 11.7.